The molecule has 0 radical (unpaired) electrons. The predicted molar refractivity (Wildman–Crippen MR) is 91.4 cm³/mol. The number of hydrogen-bond acceptors (Lipinski definition) is 3. The summed E-state index contributed by atoms with van der Waals surface area (Å²) in [7, 11) is 0. The number of aromatic nitrogens is 2. The van der Waals surface area contributed by atoms with Crippen LogP contribution in [0.5, 0.6) is 0 Å². The number of carbonyl (C=O) groups is 2. The van der Waals surface area contributed by atoms with Crippen LogP contribution in [0.15, 0.2) is 24.3 Å². The average Bonchev–Trinajstić information content (AvgIpc) is 3.16. The normalized spacial score (nSPS) is 16.0. The number of nitrogens with two attached hydrogens (primary N) is 1. The van der Waals surface area contributed by atoms with Crippen LogP contribution in [0.25, 0.3) is 0 Å². The highest BCUT2D eigenvalue weighted by atomic mass is 19.4. The number of nitrogens with one attached hydrogen (secondary N) is 1. The first-order valence-corrected chi connectivity index (χ1v) is 8.80. The van der Waals surface area contributed by atoms with E-state index in [1.54, 1.807) is 0 Å². The van der Waals surface area contributed by atoms with Gasteiger partial charge in [-0.1, -0.05) is 0 Å². The van der Waals surface area contributed by atoms with E-state index in [9.17, 15) is 35.9 Å². The fourth-order valence-corrected chi connectivity index (χ4v) is 3.33. The molecule has 0 bridgehead atoms. The van der Waals surface area contributed by atoms with Gasteiger partial charge >= 0.3 is 12.4 Å². The molecule has 12 heteroatoms. The highest BCUT2D eigenvalue weighted by molar-refractivity contribution is 5.95. The number of halogens is 6. The molecule has 3 rings (SSSR count). The molecular weight excluding hydrogens is 418 g/mol. The maximum Gasteiger partial charge on any atom is 0.416 e. The Morgan fingerprint density at radius 2 is 1.50 bits per heavy atom. The fourth-order valence-electron chi connectivity index (χ4n) is 3.33. The van der Waals surface area contributed by atoms with E-state index in [0.29, 0.717) is 30.7 Å². The lowest BCUT2D eigenvalue weighted by molar-refractivity contribution is -0.143. The van der Waals surface area contributed by atoms with Gasteiger partial charge in [0.2, 0.25) is 0 Å². The van der Waals surface area contributed by atoms with Gasteiger partial charge in [-0.25, -0.2) is 0 Å². The molecule has 1 aliphatic rings. The van der Waals surface area contributed by atoms with E-state index in [1.165, 1.54) is 11.0 Å². The van der Waals surface area contributed by atoms with Crippen LogP contribution in [0.1, 0.15) is 56.4 Å². The van der Waals surface area contributed by atoms with Crippen molar-refractivity contribution in [1.29, 1.82) is 0 Å². The van der Waals surface area contributed by atoms with Crippen LogP contribution in [0.2, 0.25) is 0 Å². The molecule has 0 atom stereocenters. The van der Waals surface area contributed by atoms with Crippen molar-refractivity contribution in [3.8, 4) is 0 Å². The largest absolute Gasteiger partial charge is 0.416 e. The van der Waals surface area contributed by atoms with Crippen molar-refractivity contribution in [2.45, 2.75) is 31.1 Å². The molecule has 0 aliphatic carbocycles. The number of carbonyl (C=O) groups excluding carboxylic acids is 2. The van der Waals surface area contributed by atoms with Crippen molar-refractivity contribution >= 4 is 11.8 Å². The van der Waals surface area contributed by atoms with Crippen molar-refractivity contribution < 1.29 is 35.9 Å². The SMILES string of the molecule is NC(=O)c1cc(C2CCN(C(=O)c3cc(C(F)(F)F)cc(C(F)(F)F)c3)CC2)[nH]n1. The molecule has 1 saturated heterocycles. The highest BCUT2D eigenvalue weighted by Crippen LogP contribution is 2.37. The number of aromatic amines is 1. The molecule has 1 fully saturated rings. The number of nitrogens with zero attached hydrogens (tertiary/aromatic N) is 2. The number of piperidine rings is 1. The van der Waals surface area contributed by atoms with E-state index in [0.717, 1.165) is 0 Å². The standard InChI is InChI=1S/C18H16F6N4O2/c19-17(20,21)11-5-10(6-12(7-11)18(22,23)24)16(30)28-3-1-9(2-4-28)13-8-14(15(25)29)27-26-13/h5-9H,1-4H2,(H2,25,29)(H,26,27). The zero-order valence-electron chi connectivity index (χ0n) is 15.3. The van der Waals surface area contributed by atoms with Gasteiger partial charge in [0, 0.05) is 30.3 Å². The summed E-state index contributed by atoms with van der Waals surface area (Å²) in [6.45, 7) is 0.234. The van der Waals surface area contributed by atoms with Gasteiger partial charge in [0.05, 0.1) is 11.1 Å². The summed E-state index contributed by atoms with van der Waals surface area (Å²) in [4.78, 5) is 24.9. The molecule has 6 nitrogen and oxygen atoms in total. The summed E-state index contributed by atoms with van der Waals surface area (Å²) in [5.41, 5.74) is 2.06. The smallest absolute Gasteiger partial charge is 0.364 e. The van der Waals surface area contributed by atoms with E-state index in [4.69, 9.17) is 5.73 Å². The fraction of sp³-hybridized carbons (Fsp3) is 0.389. The molecule has 162 valence electrons. The van der Waals surface area contributed by atoms with Crippen LogP contribution >= 0.6 is 0 Å². The molecule has 1 aromatic heterocycles. The van der Waals surface area contributed by atoms with Crippen molar-refractivity contribution in [3.05, 3.63) is 52.3 Å². The Morgan fingerprint density at radius 3 is 1.93 bits per heavy atom. The quantitative estimate of drug-likeness (QED) is 0.724. The molecule has 2 aromatic rings. The van der Waals surface area contributed by atoms with Gasteiger partial charge in [0.1, 0.15) is 5.69 Å². The Hall–Kier alpha value is -3.05. The molecule has 30 heavy (non-hydrogen) atoms. The second-order valence-corrected chi connectivity index (χ2v) is 6.93. The average molecular weight is 434 g/mol. The summed E-state index contributed by atoms with van der Waals surface area (Å²) >= 11 is 0. The van der Waals surface area contributed by atoms with E-state index >= 15 is 0 Å². The van der Waals surface area contributed by atoms with Crippen LogP contribution in [0.4, 0.5) is 26.3 Å². The Morgan fingerprint density at radius 1 is 0.967 bits per heavy atom. The summed E-state index contributed by atoms with van der Waals surface area (Å²) in [5, 5.41) is 6.44. The number of likely N-dealkylation sites (tertiary alicyclic amines) is 1. The Bertz CT molecular complexity index is 926. The molecule has 1 aliphatic heterocycles. The first-order chi connectivity index (χ1) is 13.9. The number of hydrogen-bond donors (Lipinski definition) is 2. The maximum atomic E-state index is 13.0. The number of alkyl halides is 6. The second kappa shape index (κ2) is 7.65. The summed E-state index contributed by atoms with van der Waals surface area (Å²) in [5.74, 6) is -1.73. The summed E-state index contributed by atoms with van der Waals surface area (Å²) < 4.78 is 78.0. The second-order valence-electron chi connectivity index (χ2n) is 6.93. The minimum atomic E-state index is -5.03. The van der Waals surface area contributed by atoms with Crippen LogP contribution in [0.3, 0.4) is 0 Å². The van der Waals surface area contributed by atoms with Gasteiger partial charge in [-0.05, 0) is 37.1 Å². The van der Waals surface area contributed by atoms with Gasteiger partial charge in [0.25, 0.3) is 11.8 Å². The van der Waals surface area contributed by atoms with Gasteiger partial charge in [-0.2, -0.15) is 31.4 Å². The third-order valence-electron chi connectivity index (χ3n) is 4.91. The molecule has 1 aromatic carbocycles. The lowest BCUT2D eigenvalue weighted by Crippen LogP contribution is -2.38. The van der Waals surface area contributed by atoms with Crippen molar-refractivity contribution in [2.24, 2.45) is 5.73 Å². The van der Waals surface area contributed by atoms with E-state index in [-0.39, 0.29) is 30.8 Å². The first-order valence-electron chi connectivity index (χ1n) is 8.80. The van der Waals surface area contributed by atoms with Crippen LogP contribution in [0, 0.1) is 0 Å². The Labute approximate surface area is 166 Å². The maximum absolute atomic E-state index is 13.0. The summed E-state index contributed by atoms with van der Waals surface area (Å²) in [6.07, 6.45) is -9.28. The molecule has 0 spiro atoms. The summed E-state index contributed by atoms with van der Waals surface area (Å²) in [6, 6.07) is 2.32. The minimum absolute atomic E-state index is 0.0163. The van der Waals surface area contributed by atoms with Gasteiger partial charge in [0.15, 0.2) is 0 Å². The molecular formula is C18H16F6N4O2. The lowest BCUT2D eigenvalue weighted by atomic mass is 9.92. The third-order valence-corrected chi connectivity index (χ3v) is 4.91. The number of rotatable bonds is 3. The lowest BCUT2D eigenvalue weighted by Gasteiger charge is -2.31. The monoisotopic (exact) mass is 434 g/mol. The third kappa shape index (κ3) is 4.57. The number of benzene rings is 1. The molecule has 2 heterocycles. The van der Waals surface area contributed by atoms with E-state index < -0.39 is 40.9 Å². The number of primary amides is 1. The highest BCUT2D eigenvalue weighted by Gasteiger charge is 2.38. The minimum Gasteiger partial charge on any atom is -0.364 e. The van der Waals surface area contributed by atoms with Gasteiger partial charge in [-0.3, -0.25) is 14.7 Å². The van der Waals surface area contributed by atoms with E-state index in [2.05, 4.69) is 10.2 Å². The first kappa shape index (κ1) is 21.7. The topological polar surface area (TPSA) is 92.1 Å². The molecule has 0 saturated carbocycles. The van der Waals surface area contributed by atoms with Crippen molar-refractivity contribution in [3.63, 3.8) is 0 Å². The number of H-pyrrole nitrogens is 1. The Kier molecular flexibility index (Phi) is 5.52. The molecule has 0 unspecified atom stereocenters. The predicted octanol–water partition coefficient (Wildman–Crippen LogP) is 3.57. The van der Waals surface area contributed by atoms with Crippen LogP contribution in [-0.4, -0.2) is 40.0 Å². The number of amides is 2. The van der Waals surface area contributed by atoms with Crippen molar-refractivity contribution in [2.75, 3.05) is 13.1 Å². The van der Waals surface area contributed by atoms with Crippen molar-refractivity contribution in [1.82, 2.24) is 15.1 Å². The van der Waals surface area contributed by atoms with E-state index in [1.807, 2.05) is 0 Å². The van der Waals surface area contributed by atoms with Crippen LogP contribution < -0.4 is 5.73 Å². The van der Waals surface area contributed by atoms with Gasteiger partial charge in [-0.15, -0.1) is 0 Å². The van der Waals surface area contributed by atoms with Gasteiger partial charge < -0.3 is 10.6 Å². The molecule has 3 N–H and O–H groups in total. The zero-order valence-corrected chi connectivity index (χ0v) is 15.3. The van der Waals surface area contributed by atoms with Crippen LogP contribution in [-0.2, 0) is 12.4 Å². The molecule has 2 amide bonds. The Balaban J connectivity index is 1.78. The zero-order chi connectivity index (χ0) is 22.3.